The molecular weight excluding hydrogens is 448 g/mol. The third-order valence-corrected chi connectivity index (χ3v) is 9.94. The molecule has 2 bridgehead atoms. The van der Waals surface area contributed by atoms with Gasteiger partial charge in [-0.1, -0.05) is 45.9 Å². The molecule has 0 amide bonds. The lowest BCUT2D eigenvalue weighted by Gasteiger charge is -2.55. The predicted octanol–water partition coefficient (Wildman–Crippen LogP) is 6.54. The highest BCUT2D eigenvalue weighted by Crippen LogP contribution is 2.60. The number of H-pyrrole nitrogens is 1. The lowest BCUT2D eigenvalue weighted by molar-refractivity contribution is -0.267. The molecule has 2 fully saturated rings. The summed E-state index contributed by atoms with van der Waals surface area (Å²) in [6.07, 6.45) is 9.33. The summed E-state index contributed by atoms with van der Waals surface area (Å²) in [5.41, 5.74) is 3.78. The van der Waals surface area contributed by atoms with Crippen LogP contribution in [-0.2, 0) is 16.8 Å². The number of imidazole rings is 1. The molecule has 5 rings (SSSR count). The lowest BCUT2D eigenvalue weighted by atomic mass is 9.63. The van der Waals surface area contributed by atoms with Crippen LogP contribution in [0.4, 0.5) is 0 Å². The van der Waals surface area contributed by atoms with Gasteiger partial charge < -0.3 is 14.8 Å². The SMILES string of the molecule is Cc1cnc(C(=O)Cc2ccc(C3(O)[C@H](C)C4(C)CC[C@@](C)(O4)[C@@H]3C)cc2C2=CCC(C)(C)CC2)[nH]1. The topological polar surface area (TPSA) is 75.2 Å². The summed E-state index contributed by atoms with van der Waals surface area (Å²) in [6.45, 7) is 15.1. The van der Waals surface area contributed by atoms with Crippen molar-refractivity contribution in [2.45, 2.75) is 104 Å². The third-order valence-electron chi connectivity index (χ3n) is 9.94. The molecular formula is C31H42N2O3. The maximum atomic E-state index is 13.1. The van der Waals surface area contributed by atoms with E-state index >= 15 is 0 Å². The zero-order valence-electron chi connectivity index (χ0n) is 23.0. The number of allylic oxidation sites excluding steroid dienone is 2. The van der Waals surface area contributed by atoms with Gasteiger partial charge in [-0.05, 0) is 86.6 Å². The van der Waals surface area contributed by atoms with Crippen molar-refractivity contribution >= 4 is 11.4 Å². The van der Waals surface area contributed by atoms with Gasteiger partial charge in [0.2, 0.25) is 5.78 Å². The largest absolute Gasteiger partial charge is 0.384 e. The van der Waals surface area contributed by atoms with Gasteiger partial charge in [-0.25, -0.2) is 4.98 Å². The van der Waals surface area contributed by atoms with Crippen LogP contribution in [0.5, 0.6) is 0 Å². The first-order chi connectivity index (χ1) is 16.8. The first-order valence-corrected chi connectivity index (χ1v) is 13.6. The number of aromatic nitrogens is 2. The van der Waals surface area contributed by atoms with E-state index in [4.69, 9.17) is 4.74 Å². The minimum absolute atomic E-state index is 0.0154. The summed E-state index contributed by atoms with van der Waals surface area (Å²) < 4.78 is 6.58. The van der Waals surface area contributed by atoms with Gasteiger partial charge in [0.05, 0.1) is 11.2 Å². The molecule has 0 radical (unpaired) electrons. The van der Waals surface area contributed by atoms with E-state index in [1.54, 1.807) is 6.20 Å². The van der Waals surface area contributed by atoms with Gasteiger partial charge in [-0.15, -0.1) is 0 Å². The molecule has 2 unspecified atom stereocenters. The van der Waals surface area contributed by atoms with Crippen molar-refractivity contribution in [1.29, 1.82) is 0 Å². The number of benzene rings is 1. The summed E-state index contributed by atoms with van der Waals surface area (Å²) >= 11 is 0. The summed E-state index contributed by atoms with van der Waals surface area (Å²) in [6, 6.07) is 6.31. The molecule has 1 aliphatic carbocycles. The number of hydrogen-bond acceptors (Lipinski definition) is 4. The summed E-state index contributed by atoms with van der Waals surface area (Å²) in [7, 11) is 0. The molecule has 3 aliphatic rings. The summed E-state index contributed by atoms with van der Waals surface area (Å²) in [5.74, 6) is 0.282. The van der Waals surface area contributed by atoms with Crippen LogP contribution < -0.4 is 0 Å². The third kappa shape index (κ3) is 3.99. The van der Waals surface area contributed by atoms with E-state index in [9.17, 15) is 9.90 Å². The standard InChI is InChI=1S/C31H42N2O3/c1-19-18-32-27(33-19)26(34)16-23-8-9-24(17-25(23)22-10-12-28(4,5)13-11-22)31(35)20(2)29(6)14-15-30(7,36-29)21(31)3/h8-10,17-18,20-21,35H,11-16H2,1-7H3,(H,32,33)/t20-,21+,29+,30?,31?/m0/s1. The minimum atomic E-state index is -1.01. The number of aromatic amines is 1. The van der Waals surface area contributed by atoms with Crippen LogP contribution >= 0.6 is 0 Å². The molecule has 2 N–H and O–H groups in total. The average molecular weight is 491 g/mol. The van der Waals surface area contributed by atoms with Crippen LogP contribution in [0.3, 0.4) is 0 Å². The number of rotatable bonds is 5. The molecule has 5 nitrogen and oxygen atoms in total. The number of Topliss-reactive ketones (excluding diaryl/α,β-unsaturated/α-hetero) is 1. The van der Waals surface area contributed by atoms with E-state index in [2.05, 4.69) is 75.8 Å². The molecule has 194 valence electrons. The van der Waals surface area contributed by atoms with E-state index in [0.717, 1.165) is 54.5 Å². The van der Waals surface area contributed by atoms with Crippen molar-refractivity contribution in [2.75, 3.05) is 0 Å². The second-order valence-corrected chi connectivity index (χ2v) is 13.0. The van der Waals surface area contributed by atoms with Gasteiger partial charge in [0.25, 0.3) is 0 Å². The van der Waals surface area contributed by atoms with Crippen LogP contribution in [0.2, 0.25) is 0 Å². The van der Waals surface area contributed by atoms with E-state index in [1.807, 2.05) is 6.92 Å². The van der Waals surface area contributed by atoms with Crippen LogP contribution in [0.25, 0.3) is 5.57 Å². The number of ether oxygens (including phenoxy) is 1. The fraction of sp³-hybridized carbons (Fsp3) is 0.613. The predicted molar refractivity (Wildman–Crippen MR) is 143 cm³/mol. The van der Waals surface area contributed by atoms with Crippen molar-refractivity contribution < 1.29 is 14.6 Å². The number of ketones is 1. The molecule has 2 aromatic rings. The second-order valence-electron chi connectivity index (χ2n) is 13.0. The number of carbonyl (C=O) groups excluding carboxylic acids is 1. The molecule has 5 heteroatoms. The second kappa shape index (κ2) is 8.39. The summed E-state index contributed by atoms with van der Waals surface area (Å²) in [5, 5.41) is 12.5. The molecule has 1 aromatic heterocycles. The number of nitrogens with zero attached hydrogens (tertiary/aromatic N) is 1. The van der Waals surface area contributed by atoms with Crippen molar-refractivity contribution in [3.05, 3.63) is 58.7 Å². The smallest absolute Gasteiger partial charge is 0.202 e. The summed E-state index contributed by atoms with van der Waals surface area (Å²) in [4.78, 5) is 20.5. The Bertz CT molecular complexity index is 1200. The Kier molecular flexibility index (Phi) is 5.92. The monoisotopic (exact) mass is 490 g/mol. The Morgan fingerprint density at radius 1 is 1.11 bits per heavy atom. The van der Waals surface area contributed by atoms with Gasteiger partial charge in [0.1, 0.15) is 5.60 Å². The Labute approximate surface area is 215 Å². The van der Waals surface area contributed by atoms with Crippen molar-refractivity contribution in [3.63, 3.8) is 0 Å². The highest BCUT2D eigenvalue weighted by atomic mass is 16.5. The van der Waals surface area contributed by atoms with E-state index in [1.165, 1.54) is 5.57 Å². The first-order valence-electron chi connectivity index (χ1n) is 13.6. The zero-order valence-corrected chi connectivity index (χ0v) is 23.0. The molecule has 2 aliphatic heterocycles. The van der Waals surface area contributed by atoms with Crippen LogP contribution in [0, 0.1) is 24.2 Å². The maximum absolute atomic E-state index is 13.1. The number of carbonyl (C=O) groups is 1. The van der Waals surface area contributed by atoms with Crippen molar-refractivity contribution in [1.82, 2.24) is 9.97 Å². The number of hydrogen-bond donors (Lipinski definition) is 2. The zero-order chi connectivity index (χ0) is 26.1. The lowest BCUT2D eigenvalue weighted by Crippen LogP contribution is -2.61. The first kappa shape index (κ1) is 25.4. The molecule has 2 saturated heterocycles. The Balaban J connectivity index is 1.59. The van der Waals surface area contributed by atoms with Crippen LogP contribution in [0.1, 0.15) is 107 Å². The minimum Gasteiger partial charge on any atom is -0.384 e. The van der Waals surface area contributed by atoms with Gasteiger partial charge in [-0.3, -0.25) is 4.79 Å². The van der Waals surface area contributed by atoms with Crippen molar-refractivity contribution in [3.8, 4) is 0 Å². The number of aliphatic hydroxyl groups is 1. The molecule has 0 saturated carbocycles. The number of nitrogens with one attached hydrogen (secondary N) is 1. The van der Waals surface area contributed by atoms with Crippen LogP contribution in [-0.4, -0.2) is 32.1 Å². The Morgan fingerprint density at radius 2 is 1.78 bits per heavy atom. The van der Waals surface area contributed by atoms with Crippen LogP contribution in [0.15, 0.2) is 30.5 Å². The maximum Gasteiger partial charge on any atom is 0.202 e. The highest BCUT2D eigenvalue weighted by Gasteiger charge is 2.65. The number of aryl methyl sites for hydroxylation is 1. The van der Waals surface area contributed by atoms with E-state index < -0.39 is 5.60 Å². The molecule has 1 aromatic carbocycles. The Morgan fingerprint density at radius 3 is 2.33 bits per heavy atom. The van der Waals surface area contributed by atoms with Gasteiger partial charge in [0.15, 0.2) is 5.82 Å². The van der Waals surface area contributed by atoms with Gasteiger partial charge in [0, 0.05) is 30.1 Å². The number of fused-ring (bicyclic) bond motifs is 2. The molecule has 0 spiro atoms. The highest BCUT2D eigenvalue weighted by molar-refractivity contribution is 5.95. The van der Waals surface area contributed by atoms with Gasteiger partial charge >= 0.3 is 0 Å². The normalized spacial score (nSPS) is 35.5. The van der Waals surface area contributed by atoms with E-state index in [0.29, 0.717) is 5.82 Å². The van der Waals surface area contributed by atoms with Crippen molar-refractivity contribution in [2.24, 2.45) is 17.3 Å². The molecule has 3 heterocycles. The molecule has 5 atom stereocenters. The Hall–Kier alpha value is -2.24. The van der Waals surface area contributed by atoms with Gasteiger partial charge in [-0.2, -0.15) is 0 Å². The molecule has 36 heavy (non-hydrogen) atoms. The quantitative estimate of drug-likeness (QED) is 0.467. The van der Waals surface area contributed by atoms with E-state index in [-0.39, 0.29) is 40.7 Å². The fourth-order valence-electron chi connectivity index (χ4n) is 6.96. The average Bonchev–Trinajstić information content (AvgIpc) is 3.40. The fourth-order valence-corrected chi connectivity index (χ4v) is 6.96.